The third kappa shape index (κ3) is 4.48. The zero-order valence-electron chi connectivity index (χ0n) is 16.1. The molecule has 0 aromatic heterocycles. The van der Waals surface area contributed by atoms with Gasteiger partial charge in [-0.2, -0.15) is 0 Å². The molecule has 3 aromatic rings. The zero-order chi connectivity index (χ0) is 20.3. The molecule has 0 atom stereocenters. The molecule has 4 rings (SSSR count). The minimum absolute atomic E-state index is 0.263. The molecule has 0 unspecified atom stereocenters. The second kappa shape index (κ2) is 8.83. The Morgan fingerprint density at radius 1 is 0.931 bits per heavy atom. The number of sulfonamides is 1. The van der Waals surface area contributed by atoms with E-state index in [0.717, 1.165) is 31.7 Å². The Kier molecular flexibility index (Phi) is 6.20. The fourth-order valence-corrected chi connectivity index (χ4v) is 5.84. The highest BCUT2D eigenvalue weighted by Crippen LogP contribution is 2.30. The van der Waals surface area contributed by atoms with E-state index in [4.69, 9.17) is 0 Å². The molecule has 1 fully saturated rings. The highest BCUT2D eigenvalue weighted by Gasteiger charge is 2.17. The Hall–Kier alpha value is -1.93. The summed E-state index contributed by atoms with van der Waals surface area (Å²) in [4.78, 5) is 2.68. The monoisotopic (exact) mass is 473 g/mol. The third-order valence-corrected chi connectivity index (χ3v) is 7.73. The van der Waals surface area contributed by atoms with Gasteiger partial charge in [-0.25, -0.2) is 13.1 Å². The Morgan fingerprint density at radius 3 is 2.38 bits per heavy atom. The van der Waals surface area contributed by atoms with Gasteiger partial charge in [0, 0.05) is 48.3 Å². The molecule has 0 bridgehead atoms. The van der Waals surface area contributed by atoms with Gasteiger partial charge in [-0.1, -0.05) is 42.5 Å². The van der Waals surface area contributed by atoms with E-state index in [1.54, 1.807) is 24.3 Å². The molecule has 0 spiro atoms. The minimum atomic E-state index is -3.55. The molecule has 152 valence electrons. The lowest BCUT2D eigenvalue weighted by Gasteiger charge is -2.30. The van der Waals surface area contributed by atoms with Crippen LogP contribution in [0.2, 0.25) is 0 Å². The SMILES string of the molecule is O=S(=O)(NCCc1ccc(N2CCNCC2)c2ccccc12)c1ccccc1Br. The lowest BCUT2D eigenvalue weighted by molar-refractivity contribution is 0.581. The molecule has 29 heavy (non-hydrogen) atoms. The van der Waals surface area contributed by atoms with Crippen LogP contribution >= 0.6 is 15.9 Å². The fraction of sp³-hybridized carbons (Fsp3) is 0.273. The van der Waals surface area contributed by atoms with Gasteiger partial charge in [-0.15, -0.1) is 0 Å². The molecule has 7 heteroatoms. The standard InChI is InChI=1S/C22H24BrN3O2S/c23-20-7-3-4-8-22(20)29(27,28)25-12-11-17-9-10-21(26-15-13-24-14-16-26)19-6-2-1-5-18(17)19/h1-10,24-25H,11-16H2. The highest BCUT2D eigenvalue weighted by atomic mass is 79.9. The Labute approximate surface area is 180 Å². The van der Waals surface area contributed by atoms with E-state index in [0.29, 0.717) is 17.4 Å². The first-order valence-corrected chi connectivity index (χ1v) is 12.0. The lowest BCUT2D eigenvalue weighted by Crippen LogP contribution is -2.43. The number of halogens is 1. The number of hydrogen-bond donors (Lipinski definition) is 2. The largest absolute Gasteiger partial charge is 0.368 e. The van der Waals surface area contributed by atoms with Crippen molar-refractivity contribution in [2.45, 2.75) is 11.3 Å². The first-order valence-electron chi connectivity index (χ1n) is 9.77. The van der Waals surface area contributed by atoms with Crippen molar-refractivity contribution in [3.8, 4) is 0 Å². The van der Waals surface area contributed by atoms with Crippen LogP contribution in [-0.2, 0) is 16.4 Å². The predicted octanol–water partition coefficient (Wildman–Crippen LogP) is 3.53. The topological polar surface area (TPSA) is 61.4 Å². The normalized spacial score (nSPS) is 15.0. The summed E-state index contributed by atoms with van der Waals surface area (Å²) in [6.45, 7) is 4.32. The number of hydrogen-bond acceptors (Lipinski definition) is 4. The number of fused-ring (bicyclic) bond motifs is 1. The van der Waals surface area contributed by atoms with Crippen LogP contribution in [0, 0.1) is 0 Å². The molecule has 0 radical (unpaired) electrons. The summed E-state index contributed by atoms with van der Waals surface area (Å²) in [6.07, 6.45) is 0.631. The minimum Gasteiger partial charge on any atom is -0.368 e. The van der Waals surface area contributed by atoms with Gasteiger partial charge >= 0.3 is 0 Å². The smallest absolute Gasteiger partial charge is 0.241 e. The van der Waals surface area contributed by atoms with Crippen LogP contribution in [-0.4, -0.2) is 41.1 Å². The van der Waals surface area contributed by atoms with Crippen LogP contribution in [0.1, 0.15) is 5.56 Å². The summed E-state index contributed by atoms with van der Waals surface area (Å²) >= 11 is 3.32. The summed E-state index contributed by atoms with van der Waals surface area (Å²) in [6, 6.07) is 19.5. The first-order chi connectivity index (χ1) is 14.1. The van der Waals surface area contributed by atoms with Gasteiger partial charge in [0.05, 0.1) is 4.90 Å². The van der Waals surface area contributed by atoms with Crippen LogP contribution in [0.4, 0.5) is 5.69 Å². The van der Waals surface area contributed by atoms with Crippen molar-refractivity contribution in [1.29, 1.82) is 0 Å². The van der Waals surface area contributed by atoms with E-state index >= 15 is 0 Å². The Bertz CT molecular complexity index is 1110. The van der Waals surface area contributed by atoms with Gasteiger partial charge in [-0.3, -0.25) is 0 Å². The quantitative estimate of drug-likeness (QED) is 0.574. The van der Waals surface area contributed by atoms with E-state index in [9.17, 15) is 8.42 Å². The van der Waals surface area contributed by atoms with Crippen molar-refractivity contribution in [3.05, 3.63) is 70.7 Å². The van der Waals surface area contributed by atoms with Crippen molar-refractivity contribution >= 4 is 42.4 Å². The number of benzene rings is 3. The van der Waals surface area contributed by atoms with Crippen molar-refractivity contribution in [2.75, 3.05) is 37.6 Å². The van der Waals surface area contributed by atoms with Gasteiger partial charge in [0.25, 0.3) is 0 Å². The van der Waals surface area contributed by atoms with Crippen LogP contribution in [0.25, 0.3) is 10.8 Å². The maximum atomic E-state index is 12.6. The molecule has 0 saturated carbocycles. The molecule has 3 aromatic carbocycles. The summed E-state index contributed by atoms with van der Waals surface area (Å²) in [5.74, 6) is 0. The molecule has 1 saturated heterocycles. The van der Waals surface area contributed by atoms with Crippen molar-refractivity contribution in [1.82, 2.24) is 10.0 Å². The van der Waals surface area contributed by atoms with Crippen LogP contribution in [0.3, 0.4) is 0 Å². The van der Waals surface area contributed by atoms with Gasteiger partial charge in [0.2, 0.25) is 10.0 Å². The van der Waals surface area contributed by atoms with Crippen LogP contribution in [0.15, 0.2) is 70.0 Å². The fourth-order valence-electron chi connectivity index (χ4n) is 3.81. The Balaban J connectivity index is 1.54. The summed E-state index contributed by atoms with van der Waals surface area (Å²) in [5.41, 5.74) is 2.40. The number of rotatable bonds is 6. The zero-order valence-corrected chi connectivity index (χ0v) is 18.5. The number of nitrogens with one attached hydrogen (secondary N) is 2. The van der Waals surface area contributed by atoms with E-state index in [2.05, 4.69) is 61.2 Å². The van der Waals surface area contributed by atoms with E-state index in [1.807, 2.05) is 6.07 Å². The number of nitrogens with zero attached hydrogens (tertiary/aromatic N) is 1. The highest BCUT2D eigenvalue weighted by molar-refractivity contribution is 9.10. The first kappa shape index (κ1) is 20.3. The van der Waals surface area contributed by atoms with Gasteiger partial charge in [0.15, 0.2) is 0 Å². The molecule has 0 aliphatic carbocycles. The molecular formula is C22H24BrN3O2S. The summed E-state index contributed by atoms with van der Waals surface area (Å²) in [7, 11) is -3.55. The molecule has 2 N–H and O–H groups in total. The van der Waals surface area contributed by atoms with Gasteiger partial charge in [-0.05, 0) is 51.5 Å². The molecule has 1 aliphatic heterocycles. The van der Waals surface area contributed by atoms with Crippen molar-refractivity contribution < 1.29 is 8.42 Å². The Morgan fingerprint density at radius 2 is 1.62 bits per heavy atom. The molecule has 1 heterocycles. The van der Waals surface area contributed by atoms with Crippen molar-refractivity contribution in [2.24, 2.45) is 0 Å². The third-order valence-electron chi connectivity index (χ3n) is 5.26. The number of anilines is 1. The van der Waals surface area contributed by atoms with Crippen LogP contribution in [0.5, 0.6) is 0 Å². The second-order valence-corrected chi connectivity index (χ2v) is 9.69. The number of piperazine rings is 1. The predicted molar refractivity (Wildman–Crippen MR) is 122 cm³/mol. The molecule has 5 nitrogen and oxygen atoms in total. The second-order valence-electron chi connectivity index (χ2n) is 7.10. The molecular weight excluding hydrogens is 450 g/mol. The summed E-state index contributed by atoms with van der Waals surface area (Å²) < 4.78 is 28.5. The lowest BCUT2D eigenvalue weighted by atomic mass is 10.00. The molecule has 0 amide bonds. The molecule has 1 aliphatic rings. The van der Waals surface area contributed by atoms with Gasteiger partial charge < -0.3 is 10.2 Å². The average molecular weight is 474 g/mol. The maximum Gasteiger partial charge on any atom is 0.241 e. The van der Waals surface area contributed by atoms with E-state index in [-0.39, 0.29) is 4.90 Å². The summed E-state index contributed by atoms with van der Waals surface area (Å²) in [5, 5.41) is 5.80. The van der Waals surface area contributed by atoms with E-state index in [1.165, 1.54) is 16.5 Å². The maximum absolute atomic E-state index is 12.6. The van der Waals surface area contributed by atoms with E-state index < -0.39 is 10.0 Å². The average Bonchev–Trinajstić information content (AvgIpc) is 2.74. The van der Waals surface area contributed by atoms with Crippen molar-refractivity contribution in [3.63, 3.8) is 0 Å². The van der Waals surface area contributed by atoms with Gasteiger partial charge in [0.1, 0.15) is 0 Å². The van der Waals surface area contributed by atoms with Crippen LogP contribution < -0.4 is 14.9 Å².